The van der Waals surface area contributed by atoms with Crippen LogP contribution in [0.5, 0.6) is 0 Å². The molecule has 2 aromatic carbocycles. The summed E-state index contributed by atoms with van der Waals surface area (Å²) in [5.41, 5.74) is 3.37. The Morgan fingerprint density at radius 1 is 1.10 bits per heavy atom. The van der Waals surface area contributed by atoms with Gasteiger partial charge in [-0.25, -0.2) is 9.78 Å². The number of carbonyl (C=O) groups excluding carboxylic acids is 2. The van der Waals surface area contributed by atoms with E-state index in [1.807, 2.05) is 30.3 Å². The van der Waals surface area contributed by atoms with Crippen molar-refractivity contribution in [1.29, 1.82) is 0 Å². The van der Waals surface area contributed by atoms with Crippen molar-refractivity contribution in [3.05, 3.63) is 71.9 Å². The van der Waals surface area contributed by atoms with Gasteiger partial charge in [-0.1, -0.05) is 30.3 Å². The summed E-state index contributed by atoms with van der Waals surface area (Å²) in [6.07, 6.45) is 1.39. The maximum Gasteiger partial charge on any atom is 0.336 e. The van der Waals surface area contributed by atoms with Crippen LogP contribution in [0.25, 0.3) is 22.2 Å². The van der Waals surface area contributed by atoms with Crippen molar-refractivity contribution in [3.8, 4) is 11.3 Å². The number of carboxylic acids is 1. The van der Waals surface area contributed by atoms with E-state index in [0.29, 0.717) is 28.0 Å². The summed E-state index contributed by atoms with van der Waals surface area (Å²) in [6.45, 7) is 1.54. The smallest absolute Gasteiger partial charge is 0.336 e. The lowest BCUT2D eigenvalue weighted by Crippen LogP contribution is -2.31. The highest BCUT2D eigenvalue weighted by atomic mass is 16.4. The van der Waals surface area contributed by atoms with Crippen molar-refractivity contribution in [2.24, 2.45) is 0 Å². The Bertz CT molecular complexity index is 1200. The van der Waals surface area contributed by atoms with E-state index in [1.54, 1.807) is 24.3 Å². The van der Waals surface area contributed by atoms with Gasteiger partial charge in [0.25, 0.3) is 5.91 Å². The molecule has 7 heteroatoms. The number of carboxylic acid groups (broad SMARTS) is 1. The Kier molecular flexibility index (Phi) is 4.56. The standard InChI is InChI=1S/C22H17N3O4/c1-13(26)25-12-16(10-21(25)27)23-15-6-4-5-14(9-15)20-11-18(22(28)29)17-7-2-3-8-19(17)24-20/h2-11,23H,12H2,1H3,(H,28,29). The Morgan fingerprint density at radius 3 is 2.62 bits per heavy atom. The SMILES string of the molecule is CC(=O)N1CC(Nc2cccc(-c3cc(C(=O)O)c4ccccc4n3)c2)=CC1=O. The molecule has 1 aliphatic heterocycles. The average molecular weight is 387 g/mol. The molecule has 0 radical (unpaired) electrons. The maximum atomic E-state index is 11.9. The monoisotopic (exact) mass is 387 g/mol. The van der Waals surface area contributed by atoms with Crippen molar-refractivity contribution in [1.82, 2.24) is 9.88 Å². The first-order valence-electron chi connectivity index (χ1n) is 8.95. The fourth-order valence-electron chi connectivity index (χ4n) is 3.30. The van der Waals surface area contributed by atoms with Crippen molar-refractivity contribution in [2.75, 3.05) is 11.9 Å². The van der Waals surface area contributed by atoms with Crippen LogP contribution in [0.3, 0.4) is 0 Å². The van der Waals surface area contributed by atoms with Crippen LogP contribution in [0.2, 0.25) is 0 Å². The third kappa shape index (κ3) is 3.58. The zero-order chi connectivity index (χ0) is 20.5. The molecule has 2 N–H and O–H groups in total. The van der Waals surface area contributed by atoms with Crippen LogP contribution >= 0.6 is 0 Å². The first-order chi connectivity index (χ1) is 13.9. The van der Waals surface area contributed by atoms with Gasteiger partial charge < -0.3 is 10.4 Å². The zero-order valence-electron chi connectivity index (χ0n) is 15.5. The molecule has 0 atom stereocenters. The van der Waals surface area contributed by atoms with Crippen LogP contribution in [-0.2, 0) is 9.59 Å². The van der Waals surface area contributed by atoms with Gasteiger partial charge in [0, 0.05) is 35.3 Å². The van der Waals surface area contributed by atoms with Crippen molar-refractivity contribution in [3.63, 3.8) is 0 Å². The lowest BCUT2D eigenvalue weighted by Gasteiger charge is -2.13. The Hall–Kier alpha value is -4.00. The summed E-state index contributed by atoms with van der Waals surface area (Å²) in [5.74, 6) is -1.67. The predicted octanol–water partition coefficient (Wildman–Crippen LogP) is 3.28. The topological polar surface area (TPSA) is 99.6 Å². The third-order valence-electron chi connectivity index (χ3n) is 4.68. The van der Waals surface area contributed by atoms with Gasteiger partial charge in [0.05, 0.1) is 23.3 Å². The van der Waals surface area contributed by atoms with Crippen molar-refractivity contribution in [2.45, 2.75) is 6.92 Å². The molecule has 144 valence electrons. The van der Waals surface area contributed by atoms with E-state index in [0.717, 1.165) is 10.5 Å². The fourth-order valence-corrected chi connectivity index (χ4v) is 3.30. The second-order valence-corrected chi connectivity index (χ2v) is 6.70. The number of rotatable bonds is 4. The van der Waals surface area contributed by atoms with Crippen LogP contribution in [0, 0.1) is 0 Å². The molecular weight excluding hydrogens is 370 g/mol. The van der Waals surface area contributed by atoms with E-state index in [1.165, 1.54) is 13.0 Å². The summed E-state index contributed by atoms with van der Waals surface area (Å²) in [6, 6.07) is 16.0. The summed E-state index contributed by atoms with van der Waals surface area (Å²) >= 11 is 0. The van der Waals surface area contributed by atoms with E-state index in [4.69, 9.17) is 0 Å². The van der Waals surface area contributed by atoms with Crippen LogP contribution in [-0.4, -0.2) is 39.3 Å². The Balaban J connectivity index is 1.68. The number of anilines is 1. The molecule has 7 nitrogen and oxygen atoms in total. The minimum atomic E-state index is -1.02. The van der Waals surface area contributed by atoms with Crippen LogP contribution in [0.15, 0.2) is 66.4 Å². The summed E-state index contributed by atoms with van der Waals surface area (Å²) in [4.78, 5) is 40.8. The second-order valence-electron chi connectivity index (χ2n) is 6.70. The number of hydrogen-bond donors (Lipinski definition) is 2. The van der Waals surface area contributed by atoms with Gasteiger partial charge in [-0.15, -0.1) is 0 Å². The average Bonchev–Trinajstić information content (AvgIpc) is 3.07. The summed E-state index contributed by atoms with van der Waals surface area (Å²) in [5, 5.41) is 13.3. The summed E-state index contributed by atoms with van der Waals surface area (Å²) < 4.78 is 0. The van der Waals surface area contributed by atoms with Gasteiger partial charge in [-0.3, -0.25) is 14.5 Å². The number of amides is 2. The minimum absolute atomic E-state index is 0.185. The number of hydrogen-bond acceptors (Lipinski definition) is 5. The molecule has 3 aromatic rings. The minimum Gasteiger partial charge on any atom is -0.478 e. The number of para-hydroxylation sites is 1. The molecule has 4 rings (SSSR count). The molecule has 0 saturated carbocycles. The quantitative estimate of drug-likeness (QED) is 0.713. The third-order valence-corrected chi connectivity index (χ3v) is 4.68. The first kappa shape index (κ1) is 18.4. The van der Waals surface area contributed by atoms with Crippen LogP contribution < -0.4 is 5.32 Å². The van der Waals surface area contributed by atoms with Gasteiger partial charge in [0.15, 0.2) is 0 Å². The lowest BCUT2D eigenvalue weighted by atomic mass is 10.0. The predicted molar refractivity (Wildman–Crippen MR) is 108 cm³/mol. The van der Waals surface area contributed by atoms with E-state index >= 15 is 0 Å². The van der Waals surface area contributed by atoms with Crippen LogP contribution in [0.4, 0.5) is 5.69 Å². The molecule has 2 amide bonds. The molecule has 2 heterocycles. The number of carbonyl (C=O) groups is 3. The molecule has 0 fully saturated rings. The van der Waals surface area contributed by atoms with E-state index in [2.05, 4.69) is 10.3 Å². The van der Waals surface area contributed by atoms with Crippen molar-refractivity contribution < 1.29 is 19.5 Å². The molecule has 0 unspecified atom stereocenters. The van der Waals surface area contributed by atoms with Crippen molar-refractivity contribution >= 4 is 34.4 Å². The number of benzene rings is 2. The van der Waals surface area contributed by atoms with Gasteiger partial charge in [-0.05, 0) is 24.3 Å². The maximum absolute atomic E-state index is 11.9. The van der Waals surface area contributed by atoms with Gasteiger partial charge in [-0.2, -0.15) is 0 Å². The zero-order valence-corrected chi connectivity index (χ0v) is 15.5. The Labute approximate surface area is 166 Å². The number of aromatic nitrogens is 1. The molecule has 0 aliphatic carbocycles. The second kappa shape index (κ2) is 7.20. The number of imide groups is 1. The molecule has 0 saturated heterocycles. The molecule has 0 spiro atoms. The first-order valence-corrected chi connectivity index (χ1v) is 8.95. The van der Waals surface area contributed by atoms with Gasteiger partial charge in [0.1, 0.15) is 0 Å². The molecule has 1 aliphatic rings. The highest BCUT2D eigenvalue weighted by Crippen LogP contribution is 2.27. The van der Waals surface area contributed by atoms with Gasteiger partial charge in [0.2, 0.25) is 5.91 Å². The highest BCUT2D eigenvalue weighted by Gasteiger charge is 2.24. The normalized spacial score (nSPS) is 13.5. The van der Waals surface area contributed by atoms with E-state index in [9.17, 15) is 19.5 Å². The molecule has 29 heavy (non-hydrogen) atoms. The Morgan fingerprint density at radius 2 is 1.90 bits per heavy atom. The largest absolute Gasteiger partial charge is 0.478 e. The highest BCUT2D eigenvalue weighted by molar-refractivity contribution is 6.04. The van der Waals surface area contributed by atoms with Gasteiger partial charge >= 0.3 is 5.97 Å². The fraction of sp³-hybridized carbons (Fsp3) is 0.0909. The molecule has 0 bridgehead atoms. The van der Waals surface area contributed by atoms with E-state index in [-0.39, 0.29) is 23.9 Å². The van der Waals surface area contributed by atoms with Crippen LogP contribution in [0.1, 0.15) is 17.3 Å². The summed E-state index contributed by atoms with van der Waals surface area (Å²) in [7, 11) is 0. The number of pyridine rings is 1. The lowest BCUT2D eigenvalue weighted by molar-refractivity contribution is -0.138. The number of nitrogens with one attached hydrogen (secondary N) is 1. The number of aromatic carboxylic acids is 1. The molecular formula is C22H17N3O4. The number of nitrogens with zero attached hydrogens (tertiary/aromatic N) is 2. The van der Waals surface area contributed by atoms with E-state index < -0.39 is 5.97 Å². The number of fused-ring (bicyclic) bond motifs is 1. The molecule has 1 aromatic heterocycles.